The monoisotopic (exact) mass is 378 g/mol. The molecule has 0 fully saturated rings. The molecule has 0 radical (unpaired) electrons. The van der Waals surface area contributed by atoms with Gasteiger partial charge in [-0.05, 0) is 17.7 Å². The molecule has 0 saturated heterocycles. The van der Waals surface area contributed by atoms with Crippen molar-refractivity contribution in [3.63, 3.8) is 0 Å². The summed E-state index contributed by atoms with van der Waals surface area (Å²) in [6.45, 7) is 0.379. The lowest BCUT2D eigenvalue weighted by Gasteiger charge is -2.29. The van der Waals surface area contributed by atoms with Crippen LogP contribution in [0.4, 0.5) is 0 Å². The van der Waals surface area contributed by atoms with Gasteiger partial charge in [-0.1, -0.05) is 42.5 Å². The van der Waals surface area contributed by atoms with Crippen molar-refractivity contribution in [2.75, 3.05) is 20.8 Å². The van der Waals surface area contributed by atoms with Gasteiger partial charge in [-0.15, -0.1) is 0 Å². The summed E-state index contributed by atoms with van der Waals surface area (Å²) in [5, 5.41) is 10.1. The maximum absolute atomic E-state index is 10.1. The molecule has 144 valence electrons. The van der Waals surface area contributed by atoms with Crippen LogP contribution in [0.15, 0.2) is 60.7 Å². The first-order valence-corrected chi connectivity index (χ1v) is 9.09. The molecule has 1 unspecified atom stereocenters. The van der Waals surface area contributed by atoms with Gasteiger partial charge in [-0.25, -0.2) is 0 Å². The predicted octanol–water partition coefficient (Wildman–Crippen LogP) is 4.51. The molecule has 0 spiro atoms. The van der Waals surface area contributed by atoms with Gasteiger partial charge in [-0.2, -0.15) is 0 Å². The third kappa shape index (κ3) is 3.25. The summed E-state index contributed by atoms with van der Waals surface area (Å²) in [7, 11) is 3.17. The van der Waals surface area contributed by atoms with Crippen LogP contribution >= 0.6 is 0 Å². The van der Waals surface area contributed by atoms with Crippen molar-refractivity contribution in [3.8, 4) is 28.7 Å². The summed E-state index contributed by atoms with van der Waals surface area (Å²) < 4.78 is 23.0. The number of hydrogen-bond acceptors (Lipinski definition) is 5. The summed E-state index contributed by atoms with van der Waals surface area (Å²) in [6, 6.07) is 19.3. The summed E-state index contributed by atoms with van der Waals surface area (Å²) in [5.74, 6) is 2.82. The van der Waals surface area contributed by atoms with Crippen LogP contribution in [0, 0.1) is 0 Å². The van der Waals surface area contributed by atoms with Gasteiger partial charge in [0.2, 0.25) is 0 Å². The molecule has 0 bridgehead atoms. The average molecular weight is 378 g/mol. The van der Waals surface area contributed by atoms with E-state index in [1.165, 1.54) is 0 Å². The number of ether oxygens (including phenoxy) is 4. The van der Waals surface area contributed by atoms with Crippen molar-refractivity contribution in [2.24, 2.45) is 0 Å². The Labute approximate surface area is 164 Å². The number of aliphatic hydroxyl groups is 1. The standard InChI is InChI=1S/C23H22O5/c1-25-21-11-17-18(13-24)16-9-6-10-19(27-14-15-7-4-3-5-8-15)23(16)28-20(17)12-22(21)26-2/h3-12,18,24H,13-14H2,1-2H3. The molecule has 1 N–H and O–H groups in total. The van der Waals surface area contributed by atoms with Gasteiger partial charge in [0.1, 0.15) is 12.4 Å². The van der Waals surface area contributed by atoms with Gasteiger partial charge in [-0.3, -0.25) is 0 Å². The van der Waals surface area contributed by atoms with E-state index in [4.69, 9.17) is 18.9 Å². The first-order chi connectivity index (χ1) is 13.7. The van der Waals surface area contributed by atoms with Crippen LogP contribution in [0.2, 0.25) is 0 Å². The number of methoxy groups -OCH3 is 2. The van der Waals surface area contributed by atoms with Crippen molar-refractivity contribution in [2.45, 2.75) is 12.5 Å². The van der Waals surface area contributed by atoms with Crippen LogP contribution in [-0.2, 0) is 6.61 Å². The smallest absolute Gasteiger partial charge is 0.173 e. The summed E-state index contributed by atoms with van der Waals surface area (Å²) in [4.78, 5) is 0. The van der Waals surface area contributed by atoms with E-state index in [1.54, 1.807) is 20.3 Å². The van der Waals surface area contributed by atoms with Crippen LogP contribution in [0.25, 0.3) is 0 Å². The van der Waals surface area contributed by atoms with Crippen LogP contribution in [0.3, 0.4) is 0 Å². The first kappa shape index (κ1) is 18.2. The Morgan fingerprint density at radius 1 is 0.857 bits per heavy atom. The van der Waals surface area contributed by atoms with Crippen molar-refractivity contribution in [1.29, 1.82) is 0 Å². The fraction of sp³-hybridized carbons (Fsp3) is 0.217. The van der Waals surface area contributed by atoms with E-state index in [1.807, 2.05) is 54.6 Å². The van der Waals surface area contributed by atoms with Crippen molar-refractivity contribution in [3.05, 3.63) is 77.4 Å². The number of fused-ring (bicyclic) bond motifs is 2. The normalized spacial score (nSPS) is 14.5. The molecule has 3 aromatic carbocycles. The van der Waals surface area contributed by atoms with E-state index in [2.05, 4.69) is 0 Å². The number of rotatable bonds is 6. The van der Waals surface area contributed by atoms with Gasteiger partial charge in [0, 0.05) is 23.1 Å². The third-order valence-corrected chi connectivity index (χ3v) is 4.91. The molecule has 0 amide bonds. The zero-order chi connectivity index (χ0) is 19.5. The molecular formula is C23H22O5. The van der Waals surface area contributed by atoms with Gasteiger partial charge in [0.25, 0.3) is 0 Å². The molecule has 0 aliphatic carbocycles. The molecular weight excluding hydrogens is 356 g/mol. The van der Waals surface area contributed by atoms with Crippen LogP contribution < -0.4 is 18.9 Å². The fourth-order valence-electron chi connectivity index (χ4n) is 3.48. The van der Waals surface area contributed by atoms with E-state index < -0.39 is 0 Å². The molecule has 5 nitrogen and oxygen atoms in total. The highest BCUT2D eigenvalue weighted by atomic mass is 16.5. The van der Waals surface area contributed by atoms with Gasteiger partial charge in [0.05, 0.1) is 20.8 Å². The van der Waals surface area contributed by atoms with Crippen molar-refractivity contribution in [1.82, 2.24) is 0 Å². The summed E-state index contributed by atoms with van der Waals surface area (Å²) in [6.07, 6.45) is 0. The number of benzene rings is 3. The Morgan fingerprint density at radius 2 is 1.61 bits per heavy atom. The van der Waals surface area contributed by atoms with Gasteiger partial charge in [0.15, 0.2) is 23.0 Å². The lowest BCUT2D eigenvalue weighted by Crippen LogP contribution is -2.15. The van der Waals surface area contributed by atoms with E-state index in [9.17, 15) is 5.11 Å². The molecule has 4 rings (SSSR count). The van der Waals surface area contributed by atoms with Crippen molar-refractivity contribution < 1.29 is 24.1 Å². The summed E-state index contributed by atoms with van der Waals surface area (Å²) >= 11 is 0. The van der Waals surface area contributed by atoms with Gasteiger partial charge < -0.3 is 24.1 Å². The summed E-state index contributed by atoms with van der Waals surface area (Å²) in [5.41, 5.74) is 2.81. The van der Waals surface area contributed by atoms with E-state index in [0.29, 0.717) is 35.4 Å². The number of aliphatic hydroxyl groups excluding tert-OH is 1. The molecule has 1 aliphatic rings. The molecule has 3 aromatic rings. The maximum atomic E-state index is 10.1. The topological polar surface area (TPSA) is 57.2 Å². The second-order valence-corrected chi connectivity index (χ2v) is 6.53. The molecule has 5 heteroatoms. The van der Waals surface area contributed by atoms with Crippen molar-refractivity contribution >= 4 is 0 Å². The third-order valence-electron chi connectivity index (χ3n) is 4.91. The fourth-order valence-corrected chi connectivity index (χ4v) is 3.48. The molecule has 0 saturated carbocycles. The van der Waals surface area contributed by atoms with E-state index in [-0.39, 0.29) is 12.5 Å². The minimum absolute atomic E-state index is 0.0546. The minimum Gasteiger partial charge on any atom is -0.493 e. The zero-order valence-corrected chi connectivity index (χ0v) is 15.8. The Balaban J connectivity index is 1.71. The Kier molecular flexibility index (Phi) is 5.08. The molecule has 1 aliphatic heterocycles. The second kappa shape index (κ2) is 7.82. The second-order valence-electron chi connectivity index (χ2n) is 6.53. The van der Waals surface area contributed by atoms with Gasteiger partial charge >= 0.3 is 0 Å². The lowest BCUT2D eigenvalue weighted by molar-refractivity contribution is 0.261. The minimum atomic E-state index is -0.237. The quantitative estimate of drug-likeness (QED) is 0.684. The highest BCUT2D eigenvalue weighted by molar-refractivity contribution is 5.62. The lowest BCUT2D eigenvalue weighted by atomic mass is 9.88. The Morgan fingerprint density at radius 3 is 2.32 bits per heavy atom. The highest BCUT2D eigenvalue weighted by Crippen LogP contribution is 2.51. The molecule has 28 heavy (non-hydrogen) atoms. The van der Waals surface area contributed by atoms with Crippen LogP contribution in [-0.4, -0.2) is 25.9 Å². The molecule has 1 heterocycles. The largest absolute Gasteiger partial charge is 0.493 e. The number of para-hydroxylation sites is 1. The first-order valence-electron chi connectivity index (χ1n) is 9.09. The Hall–Kier alpha value is -3.18. The van der Waals surface area contributed by atoms with E-state index in [0.717, 1.165) is 16.7 Å². The van der Waals surface area contributed by atoms with Crippen LogP contribution in [0.5, 0.6) is 28.7 Å². The predicted molar refractivity (Wildman–Crippen MR) is 106 cm³/mol. The zero-order valence-electron chi connectivity index (χ0n) is 15.8. The van der Waals surface area contributed by atoms with Crippen LogP contribution in [0.1, 0.15) is 22.6 Å². The number of hydrogen-bond donors (Lipinski definition) is 1. The average Bonchev–Trinajstić information content (AvgIpc) is 2.75. The SMILES string of the molecule is COc1cc2c(cc1OC)C(CO)c1cccc(OCc3ccccc3)c1O2. The molecule has 1 atom stereocenters. The van der Waals surface area contributed by atoms with E-state index >= 15 is 0 Å². The maximum Gasteiger partial charge on any atom is 0.173 e. The Bertz CT molecular complexity index is 968. The highest BCUT2D eigenvalue weighted by Gasteiger charge is 2.31. The molecule has 0 aromatic heterocycles.